The van der Waals surface area contributed by atoms with Crippen LogP contribution in [0.2, 0.25) is 0 Å². The maximum atomic E-state index is 16.1. The number of para-hydroxylation sites is 1. The smallest absolute Gasteiger partial charge is 0.459 e. The molecule has 1 saturated carbocycles. The summed E-state index contributed by atoms with van der Waals surface area (Å²) in [6.45, 7) is 7.21. The van der Waals surface area contributed by atoms with Gasteiger partial charge in [0.15, 0.2) is 28.9 Å². The zero-order chi connectivity index (χ0) is 30.2. The number of rotatable bonds is 12. The van der Waals surface area contributed by atoms with Gasteiger partial charge in [0, 0.05) is 6.04 Å². The summed E-state index contributed by atoms with van der Waals surface area (Å²) in [6, 6.07) is 7.44. The molecule has 2 aromatic heterocycles. The number of carbonyl (C=O) groups is 1. The Morgan fingerprint density at radius 1 is 1.26 bits per heavy atom. The number of aliphatic hydroxyl groups is 1. The number of hydrogen-bond acceptors (Lipinski definition) is 11. The number of aliphatic hydroxyl groups excluding tert-OH is 1. The normalized spacial score (nSPS) is 26.2. The van der Waals surface area contributed by atoms with Gasteiger partial charge in [-0.1, -0.05) is 18.2 Å². The molecule has 0 spiro atoms. The first kappa shape index (κ1) is 30.3. The van der Waals surface area contributed by atoms with Crippen LogP contribution in [0, 0.1) is 6.92 Å². The van der Waals surface area contributed by atoms with E-state index in [1.54, 1.807) is 51.1 Å². The molecule has 2 unspecified atom stereocenters. The minimum Gasteiger partial charge on any atom is -0.462 e. The van der Waals surface area contributed by atoms with Gasteiger partial charge in [0.1, 0.15) is 29.8 Å². The van der Waals surface area contributed by atoms with Gasteiger partial charge in [-0.25, -0.2) is 23.9 Å². The van der Waals surface area contributed by atoms with Crippen molar-refractivity contribution in [2.24, 2.45) is 0 Å². The van der Waals surface area contributed by atoms with Crippen molar-refractivity contribution in [1.82, 2.24) is 24.6 Å². The lowest BCUT2D eigenvalue weighted by molar-refractivity contribution is -0.149. The highest BCUT2D eigenvalue weighted by atomic mass is 31.2. The Morgan fingerprint density at radius 3 is 2.64 bits per heavy atom. The number of halogens is 1. The third-order valence-corrected chi connectivity index (χ3v) is 8.50. The number of fused-ring (bicyclic) bond motifs is 1. The molecule has 3 N–H and O–H groups in total. The van der Waals surface area contributed by atoms with Crippen molar-refractivity contribution in [3.63, 3.8) is 0 Å². The highest BCUT2D eigenvalue weighted by molar-refractivity contribution is 7.52. The van der Waals surface area contributed by atoms with E-state index >= 15 is 4.39 Å². The molecule has 0 amide bonds. The summed E-state index contributed by atoms with van der Waals surface area (Å²) < 4.78 is 53.8. The molecule has 1 saturated heterocycles. The van der Waals surface area contributed by atoms with E-state index < -0.39 is 56.6 Å². The first-order valence-corrected chi connectivity index (χ1v) is 15.4. The molecule has 3 heterocycles. The van der Waals surface area contributed by atoms with E-state index in [1.807, 2.05) is 0 Å². The number of ether oxygens (including phenoxy) is 2. The Labute approximate surface area is 242 Å². The van der Waals surface area contributed by atoms with Gasteiger partial charge in [0.2, 0.25) is 0 Å². The summed E-state index contributed by atoms with van der Waals surface area (Å²) >= 11 is 0. The van der Waals surface area contributed by atoms with Gasteiger partial charge in [0.05, 0.1) is 19.0 Å². The zero-order valence-electron chi connectivity index (χ0n) is 24.1. The first-order chi connectivity index (χ1) is 19.9. The van der Waals surface area contributed by atoms with Gasteiger partial charge in [0.25, 0.3) is 0 Å². The minimum absolute atomic E-state index is 0.203. The van der Waals surface area contributed by atoms with Gasteiger partial charge >= 0.3 is 13.7 Å². The van der Waals surface area contributed by atoms with Crippen molar-refractivity contribution in [3.05, 3.63) is 42.5 Å². The van der Waals surface area contributed by atoms with Crippen LogP contribution in [0.25, 0.3) is 11.2 Å². The average molecular weight is 607 g/mol. The van der Waals surface area contributed by atoms with Gasteiger partial charge in [-0.05, 0) is 59.6 Å². The van der Waals surface area contributed by atoms with Gasteiger partial charge < -0.3 is 24.4 Å². The van der Waals surface area contributed by atoms with Crippen molar-refractivity contribution < 1.29 is 37.4 Å². The molecular weight excluding hydrogens is 570 g/mol. The number of nitrogens with one attached hydrogen (secondary N) is 2. The number of anilines is 1. The molecule has 0 bridgehead atoms. The number of imidazole rings is 1. The van der Waals surface area contributed by atoms with Crippen molar-refractivity contribution in [1.29, 1.82) is 0 Å². The number of benzene rings is 1. The molecule has 5 rings (SSSR count). The average Bonchev–Trinajstić information content (AvgIpc) is 3.59. The molecule has 1 aliphatic carbocycles. The second-order valence-corrected chi connectivity index (χ2v) is 12.7. The van der Waals surface area contributed by atoms with E-state index in [1.165, 1.54) is 24.7 Å². The Bertz CT molecular complexity index is 1470. The number of esters is 1. The third kappa shape index (κ3) is 6.57. The molecule has 228 valence electrons. The van der Waals surface area contributed by atoms with Crippen molar-refractivity contribution in [2.45, 2.75) is 89.8 Å². The predicted octanol–water partition coefficient (Wildman–Crippen LogP) is 3.83. The number of carbonyl (C=O) groups excluding carboxylic acids is 1. The lowest BCUT2D eigenvalue weighted by atomic mass is 9.98. The fourth-order valence-corrected chi connectivity index (χ4v) is 6.08. The first-order valence-electron chi connectivity index (χ1n) is 13.8. The van der Waals surface area contributed by atoms with Crippen molar-refractivity contribution in [3.8, 4) is 5.75 Å². The van der Waals surface area contributed by atoms with E-state index in [0.717, 1.165) is 12.8 Å². The molecule has 2 aliphatic rings. The molecule has 6 atom stereocenters. The summed E-state index contributed by atoms with van der Waals surface area (Å²) in [7, 11) is -4.27. The Hall–Kier alpha value is -3.16. The van der Waals surface area contributed by atoms with Crippen LogP contribution < -0.4 is 14.9 Å². The van der Waals surface area contributed by atoms with Crippen LogP contribution in [0.15, 0.2) is 36.7 Å². The molecule has 15 heteroatoms. The molecule has 2 fully saturated rings. The van der Waals surface area contributed by atoms with Crippen LogP contribution >= 0.6 is 7.75 Å². The quantitative estimate of drug-likeness (QED) is 0.202. The monoisotopic (exact) mass is 606 g/mol. The van der Waals surface area contributed by atoms with Gasteiger partial charge in [-0.2, -0.15) is 5.09 Å². The Kier molecular flexibility index (Phi) is 8.55. The van der Waals surface area contributed by atoms with E-state index in [0.29, 0.717) is 28.8 Å². The molecule has 1 aliphatic heterocycles. The fraction of sp³-hybridized carbons (Fsp3) is 0.556. The predicted molar refractivity (Wildman–Crippen MR) is 151 cm³/mol. The number of aryl methyl sites for hydroxylation is 1. The summed E-state index contributed by atoms with van der Waals surface area (Å²) in [4.78, 5) is 25.7. The summed E-state index contributed by atoms with van der Waals surface area (Å²) in [5, 5.41) is 16.9. The second kappa shape index (κ2) is 11.8. The topological polar surface area (TPSA) is 159 Å². The lowest BCUT2D eigenvalue weighted by Gasteiger charge is -2.25. The minimum atomic E-state index is -4.27. The Balaban J connectivity index is 1.36. The van der Waals surface area contributed by atoms with Crippen LogP contribution in [0.4, 0.5) is 10.2 Å². The summed E-state index contributed by atoms with van der Waals surface area (Å²) in [6.07, 6.45) is -1.23. The largest absolute Gasteiger partial charge is 0.462 e. The SMILES string of the molecule is Cc1nc(NC2CC2)c2ncn([C@@H]3O[C@H](COP(=O)(NC(C)C(=O)OC(C)C)Oc4ccccc4)[C@@H](O)[C@@]3(C)F)c2n1. The van der Waals surface area contributed by atoms with Crippen molar-refractivity contribution in [2.75, 3.05) is 11.9 Å². The van der Waals surface area contributed by atoms with E-state index in [4.69, 9.17) is 18.5 Å². The molecule has 3 aromatic rings. The second-order valence-electron chi connectivity index (χ2n) is 11.0. The maximum absolute atomic E-state index is 16.1. The fourth-order valence-electron chi connectivity index (χ4n) is 4.58. The molecule has 42 heavy (non-hydrogen) atoms. The number of hydrogen-bond donors (Lipinski definition) is 3. The molecular formula is C27H36FN6O7P. The van der Waals surface area contributed by atoms with Crippen LogP contribution in [0.3, 0.4) is 0 Å². The van der Waals surface area contributed by atoms with Crippen LogP contribution in [-0.4, -0.2) is 73.3 Å². The van der Waals surface area contributed by atoms with Gasteiger partial charge in [-0.3, -0.25) is 13.9 Å². The number of nitrogens with zero attached hydrogens (tertiary/aromatic N) is 4. The van der Waals surface area contributed by atoms with Crippen LogP contribution in [0.5, 0.6) is 5.75 Å². The number of alkyl halides is 1. The summed E-state index contributed by atoms with van der Waals surface area (Å²) in [5.41, 5.74) is -1.52. The summed E-state index contributed by atoms with van der Waals surface area (Å²) in [5.74, 6) is 0.544. The van der Waals surface area contributed by atoms with E-state index in [2.05, 4.69) is 25.4 Å². The lowest BCUT2D eigenvalue weighted by Crippen LogP contribution is -2.41. The molecule has 13 nitrogen and oxygen atoms in total. The van der Waals surface area contributed by atoms with Crippen molar-refractivity contribution >= 4 is 30.7 Å². The highest BCUT2D eigenvalue weighted by Crippen LogP contribution is 2.48. The van der Waals surface area contributed by atoms with Crippen LogP contribution in [-0.2, 0) is 23.4 Å². The Morgan fingerprint density at radius 2 is 1.98 bits per heavy atom. The maximum Gasteiger partial charge on any atom is 0.459 e. The zero-order valence-corrected chi connectivity index (χ0v) is 25.0. The molecule has 1 aromatic carbocycles. The van der Waals surface area contributed by atoms with Gasteiger partial charge in [-0.15, -0.1) is 0 Å². The number of aromatic nitrogens is 4. The third-order valence-electron chi connectivity index (χ3n) is 6.86. The van der Waals surface area contributed by atoms with Crippen LogP contribution in [0.1, 0.15) is 52.6 Å². The van der Waals surface area contributed by atoms with E-state index in [9.17, 15) is 14.5 Å². The standard InChI is InChI=1S/C27H36FN6O7P/c1-15(2)39-25(36)16(3)33-42(37,41-19-9-7-6-8-10-19)38-13-20-22(35)27(5,28)26(40-20)34-14-29-21-23(32-18-11-12-18)30-17(4)31-24(21)34/h6-10,14-16,18,20,22,26,35H,11-13H2,1-5H3,(H,33,37)(H,30,31,32)/t16?,20-,22-,26-,27-,42?/m1/s1. The highest BCUT2D eigenvalue weighted by Gasteiger charge is 2.56. The van der Waals surface area contributed by atoms with E-state index in [-0.39, 0.29) is 5.75 Å². The molecule has 0 radical (unpaired) electrons.